The molecule has 0 aromatic carbocycles. The van der Waals surface area contributed by atoms with E-state index in [1.165, 1.54) is 0 Å². The van der Waals surface area contributed by atoms with Crippen LogP contribution in [0.5, 0.6) is 0 Å². The summed E-state index contributed by atoms with van der Waals surface area (Å²) in [6, 6.07) is 0.0715. The van der Waals surface area contributed by atoms with Crippen molar-refractivity contribution in [1.29, 1.82) is 0 Å². The van der Waals surface area contributed by atoms with Gasteiger partial charge in [0.05, 0.1) is 31.0 Å². The first kappa shape index (κ1) is 54.7. The number of aliphatic carboxylic acids is 1. The maximum Gasteiger partial charge on any atom is 0.332 e. The van der Waals surface area contributed by atoms with Gasteiger partial charge < -0.3 is 69.9 Å². The summed E-state index contributed by atoms with van der Waals surface area (Å²) in [4.78, 5) is 29.0. The molecule has 0 spiro atoms. The molecule has 2 heterocycles. The summed E-state index contributed by atoms with van der Waals surface area (Å²) in [6.45, 7) is 12.0. The third-order valence-electron chi connectivity index (χ3n) is 20.4. The van der Waals surface area contributed by atoms with Crippen LogP contribution in [0.25, 0.3) is 0 Å². The van der Waals surface area contributed by atoms with E-state index in [0.29, 0.717) is 38.0 Å². The van der Waals surface area contributed by atoms with Crippen LogP contribution >= 0.6 is 0 Å². The average Bonchev–Trinajstić information content (AvgIpc) is 3.70. The van der Waals surface area contributed by atoms with E-state index >= 15 is 4.79 Å². The molecule has 0 bridgehead atoms. The van der Waals surface area contributed by atoms with Crippen LogP contribution in [0.4, 0.5) is 0 Å². The second-order valence-electron chi connectivity index (χ2n) is 24.3. The van der Waals surface area contributed by atoms with Crippen molar-refractivity contribution < 1.29 is 73.8 Å². The summed E-state index contributed by atoms with van der Waals surface area (Å²) < 4.78 is 39.6. The standard InChI is InChI=1S/C54H91NO15/c1-7-13-27(3)33-18-19-34-41-35(53(5)21-20-32(55)23-31(53)24-36(41)57)25-40(54(33,34)6)69-50(64)42-48(66-38(49(62)63)22-29-14-10-9-11-15-29)44(59)39(26-56)68-51(42)67-37-17-12-16-30(8-2)47(37)70-52-46(61)45(60)43(58)28(4)65-52/h27-48,51-52,56-61H,7-26,55H2,1-6H3,(H,62,63)/t27-,28+,30-,31+,32+,33-,34+,35+,36-,37-,38+,39+,40+,41+,42?,43+,44+,45?,46+,47-,48?,51-,52?,53+,54-/m1/s1. The van der Waals surface area contributed by atoms with Gasteiger partial charge >= 0.3 is 11.9 Å². The zero-order chi connectivity index (χ0) is 50.4. The zero-order valence-electron chi connectivity index (χ0n) is 43.0. The summed E-state index contributed by atoms with van der Waals surface area (Å²) in [7, 11) is 0. The minimum absolute atomic E-state index is 0.0246. The van der Waals surface area contributed by atoms with Gasteiger partial charge in [0.15, 0.2) is 18.7 Å². The molecule has 25 atom stereocenters. The van der Waals surface area contributed by atoms with Gasteiger partial charge in [-0.2, -0.15) is 0 Å². The molecule has 0 radical (unpaired) electrons. The summed E-state index contributed by atoms with van der Waals surface area (Å²) in [5.74, 6) is -2.64. The fourth-order valence-electron chi connectivity index (χ4n) is 16.4. The minimum Gasteiger partial charge on any atom is -0.479 e. The topological polar surface area (TPSA) is 257 Å². The second kappa shape index (κ2) is 22.7. The molecule has 2 saturated heterocycles. The van der Waals surface area contributed by atoms with Gasteiger partial charge in [-0.15, -0.1) is 0 Å². The maximum absolute atomic E-state index is 15.9. The SMILES string of the molecule is CCC[C@@H](C)[C@H]1CC[C@H]2[C@@H]3[C@H](O)C[C@@H]4C[C@@H](N)CC[C@]4(C)[C@H]3C[C@H](OC(=O)C3C(O[C@@H](CC4CCCCC4)C(=O)O)[C@@H](O)[C@H](CO)O[C@H]3O[C@@H]3CCC[C@@H](CC)[C@H]3OC3O[C@@H](C)[C@H](O)C(O)[C@@H]3O)[C@]12C. The van der Waals surface area contributed by atoms with E-state index in [0.717, 1.165) is 83.5 Å². The normalized spacial score (nSPS) is 48.7. The number of nitrogens with two attached hydrogens (primary N) is 1. The zero-order valence-corrected chi connectivity index (χ0v) is 43.0. The van der Waals surface area contributed by atoms with Crippen molar-refractivity contribution in [2.45, 2.75) is 255 Å². The molecule has 16 heteroatoms. The average molecular weight is 994 g/mol. The lowest BCUT2D eigenvalue weighted by Gasteiger charge is -2.64. The predicted octanol–water partition coefficient (Wildman–Crippen LogP) is 5.21. The van der Waals surface area contributed by atoms with Gasteiger partial charge in [-0.3, -0.25) is 4.79 Å². The summed E-state index contributed by atoms with van der Waals surface area (Å²) in [5.41, 5.74) is 5.94. The van der Waals surface area contributed by atoms with Crippen LogP contribution in [0.3, 0.4) is 0 Å². The van der Waals surface area contributed by atoms with Crippen LogP contribution in [0.2, 0.25) is 0 Å². The highest BCUT2D eigenvalue weighted by atomic mass is 16.7. The Hall–Kier alpha value is -1.54. The van der Waals surface area contributed by atoms with Gasteiger partial charge in [0.2, 0.25) is 0 Å². The van der Waals surface area contributed by atoms with Crippen LogP contribution in [0.15, 0.2) is 0 Å². The number of aliphatic hydroxyl groups is 6. The van der Waals surface area contributed by atoms with Crippen LogP contribution in [-0.4, -0.2) is 146 Å². The number of fused-ring (bicyclic) bond motifs is 5. The third kappa shape index (κ3) is 10.5. The van der Waals surface area contributed by atoms with E-state index in [9.17, 15) is 40.5 Å². The van der Waals surface area contributed by atoms with Crippen molar-refractivity contribution >= 4 is 11.9 Å². The fraction of sp³-hybridized carbons (Fsp3) is 0.963. The molecule has 0 aromatic heterocycles. The van der Waals surface area contributed by atoms with Crippen molar-refractivity contribution in [2.75, 3.05) is 6.61 Å². The lowest BCUT2D eigenvalue weighted by Crippen LogP contribution is -2.65. The first-order chi connectivity index (χ1) is 33.3. The number of hydrogen-bond acceptors (Lipinski definition) is 15. The van der Waals surface area contributed by atoms with Gasteiger partial charge in [-0.1, -0.05) is 92.4 Å². The first-order valence-electron chi connectivity index (χ1n) is 27.8. The Morgan fingerprint density at radius 2 is 1.54 bits per heavy atom. The second-order valence-corrected chi connectivity index (χ2v) is 24.3. The number of rotatable bonds is 16. The van der Waals surface area contributed by atoms with Crippen molar-refractivity contribution in [3.8, 4) is 0 Å². The van der Waals surface area contributed by atoms with Crippen LogP contribution in [0.1, 0.15) is 164 Å². The molecule has 9 N–H and O–H groups in total. The summed E-state index contributed by atoms with van der Waals surface area (Å²) in [6.07, 6.45) is -1.46. The third-order valence-corrected chi connectivity index (χ3v) is 20.4. The van der Waals surface area contributed by atoms with Crippen molar-refractivity contribution in [2.24, 2.45) is 69.8 Å². The van der Waals surface area contributed by atoms with Crippen LogP contribution < -0.4 is 5.73 Å². The lowest BCUT2D eigenvalue weighted by atomic mass is 9.43. The highest BCUT2D eigenvalue weighted by molar-refractivity contribution is 5.75. The van der Waals surface area contributed by atoms with E-state index in [1.807, 2.05) is 6.92 Å². The molecule has 16 nitrogen and oxygen atoms in total. The van der Waals surface area contributed by atoms with E-state index in [-0.39, 0.29) is 59.3 Å². The van der Waals surface area contributed by atoms with E-state index in [2.05, 4.69) is 27.7 Å². The Morgan fingerprint density at radius 3 is 2.23 bits per heavy atom. The summed E-state index contributed by atoms with van der Waals surface area (Å²) >= 11 is 0. The minimum atomic E-state index is -1.64. The predicted molar refractivity (Wildman–Crippen MR) is 256 cm³/mol. The van der Waals surface area contributed by atoms with Gasteiger partial charge in [0, 0.05) is 11.5 Å². The molecule has 70 heavy (non-hydrogen) atoms. The molecular formula is C54H91NO15. The van der Waals surface area contributed by atoms with E-state index in [4.69, 9.17) is 34.2 Å². The Balaban J connectivity index is 1.17. The molecule has 8 fully saturated rings. The Labute approximate surface area is 416 Å². The van der Waals surface area contributed by atoms with E-state index in [1.54, 1.807) is 6.92 Å². The number of hydrogen-bond donors (Lipinski definition) is 8. The number of carbonyl (C=O) groups is 2. The Bertz CT molecular complexity index is 1740. The molecule has 4 unspecified atom stereocenters. The van der Waals surface area contributed by atoms with Gasteiger partial charge in [0.25, 0.3) is 0 Å². The van der Waals surface area contributed by atoms with Crippen molar-refractivity contribution in [3.05, 3.63) is 0 Å². The Morgan fingerprint density at radius 1 is 0.800 bits per heavy atom. The molecule has 8 rings (SSSR count). The number of carboxylic acids is 1. The molecule has 2 aliphatic heterocycles. The molecule has 6 saturated carbocycles. The van der Waals surface area contributed by atoms with Crippen molar-refractivity contribution in [1.82, 2.24) is 0 Å². The lowest BCUT2D eigenvalue weighted by molar-refractivity contribution is -0.342. The highest BCUT2D eigenvalue weighted by Gasteiger charge is 2.67. The maximum atomic E-state index is 15.9. The van der Waals surface area contributed by atoms with Gasteiger partial charge in [-0.05, 0) is 124 Å². The van der Waals surface area contributed by atoms with Crippen molar-refractivity contribution in [3.63, 3.8) is 0 Å². The molecular weight excluding hydrogens is 903 g/mol. The smallest absolute Gasteiger partial charge is 0.332 e. The fourth-order valence-corrected chi connectivity index (χ4v) is 16.4. The number of carbonyl (C=O) groups excluding carboxylic acids is 1. The first-order valence-corrected chi connectivity index (χ1v) is 27.8. The summed E-state index contributed by atoms with van der Waals surface area (Å²) in [5, 5.41) is 78.3. The Kier molecular flexibility index (Phi) is 17.8. The largest absolute Gasteiger partial charge is 0.479 e. The number of aliphatic hydroxyl groups excluding tert-OH is 6. The molecule has 402 valence electrons. The number of esters is 1. The number of ether oxygens (including phenoxy) is 6. The van der Waals surface area contributed by atoms with Crippen LogP contribution in [0, 0.1) is 64.1 Å². The molecule has 6 aliphatic carbocycles. The molecule has 8 aliphatic rings. The highest BCUT2D eigenvalue weighted by Crippen LogP contribution is 2.69. The number of carboxylic acid groups (broad SMARTS) is 1. The van der Waals surface area contributed by atoms with Gasteiger partial charge in [-0.25, -0.2) is 4.79 Å². The molecule has 0 aromatic rings. The van der Waals surface area contributed by atoms with Gasteiger partial charge in [0.1, 0.15) is 48.6 Å². The van der Waals surface area contributed by atoms with E-state index < -0.39 is 116 Å². The van der Waals surface area contributed by atoms with Crippen LogP contribution in [-0.2, 0) is 38.0 Å². The quantitative estimate of drug-likeness (QED) is 0.0924. The molecule has 0 amide bonds. The monoisotopic (exact) mass is 994 g/mol.